The average Bonchev–Trinajstić information content (AvgIpc) is 2.50. The van der Waals surface area contributed by atoms with Gasteiger partial charge in [0.1, 0.15) is 0 Å². The molecule has 118 valence electrons. The first-order valence-electron chi connectivity index (χ1n) is 6.28. The number of nitro groups is 1. The maximum absolute atomic E-state index is 11.8. The number of hydrogen-bond acceptors (Lipinski definition) is 5. The number of nitro benzene ring substituents is 1. The van der Waals surface area contributed by atoms with E-state index in [-0.39, 0.29) is 22.1 Å². The first-order chi connectivity index (χ1) is 10.9. The Balaban J connectivity index is 2.02. The Morgan fingerprint density at radius 3 is 2.22 bits per heavy atom. The molecule has 2 aromatic rings. The van der Waals surface area contributed by atoms with Gasteiger partial charge in [-0.3, -0.25) is 19.7 Å². The molecule has 0 aliphatic rings. The molecule has 0 bridgehead atoms. The summed E-state index contributed by atoms with van der Waals surface area (Å²) in [5, 5.41) is 15.4. The van der Waals surface area contributed by atoms with Gasteiger partial charge in [0.15, 0.2) is 0 Å². The molecule has 0 saturated heterocycles. The largest absolute Gasteiger partial charge is 0.399 e. The fourth-order valence-corrected chi connectivity index (χ4v) is 1.90. The summed E-state index contributed by atoms with van der Waals surface area (Å²) in [6.07, 6.45) is 0. The van der Waals surface area contributed by atoms with Crippen molar-refractivity contribution in [3.05, 3.63) is 57.6 Å². The van der Waals surface area contributed by atoms with Gasteiger partial charge in [-0.2, -0.15) is 0 Å². The normalized spacial score (nSPS) is 9.96. The lowest BCUT2D eigenvalue weighted by molar-refractivity contribution is -0.384. The van der Waals surface area contributed by atoms with Crippen molar-refractivity contribution in [1.29, 1.82) is 0 Å². The Morgan fingerprint density at radius 2 is 1.65 bits per heavy atom. The van der Waals surface area contributed by atoms with E-state index in [2.05, 4.69) is 10.6 Å². The van der Waals surface area contributed by atoms with Crippen LogP contribution in [0, 0.1) is 10.1 Å². The predicted molar refractivity (Wildman–Crippen MR) is 86.2 cm³/mol. The van der Waals surface area contributed by atoms with E-state index in [1.54, 1.807) is 0 Å². The molecule has 9 heteroatoms. The van der Waals surface area contributed by atoms with Crippen LogP contribution in [0.25, 0.3) is 0 Å². The second-order valence-corrected chi connectivity index (χ2v) is 4.86. The minimum atomic E-state index is -0.938. The molecule has 0 radical (unpaired) electrons. The van der Waals surface area contributed by atoms with Crippen LogP contribution in [0.4, 0.5) is 22.7 Å². The topological polar surface area (TPSA) is 127 Å². The maximum atomic E-state index is 11.8. The summed E-state index contributed by atoms with van der Waals surface area (Å²) < 4.78 is 0. The number of nitrogens with two attached hydrogens (primary N) is 1. The molecule has 23 heavy (non-hydrogen) atoms. The Hall–Kier alpha value is -3.13. The number of halogens is 1. The highest BCUT2D eigenvalue weighted by Gasteiger charge is 2.16. The predicted octanol–water partition coefficient (Wildman–Crippen LogP) is 2.41. The van der Waals surface area contributed by atoms with Crippen LogP contribution < -0.4 is 16.4 Å². The van der Waals surface area contributed by atoms with Crippen molar-refractivity contribution in [2.75, 3.05) is 16.4 Å². The summed E-state index contributed by atoms with van der Waals surface area (Å²) in [6.45, 7) is 0. The van der Waals surface area contributed by atoms with Crippen molar-refractivity contribution in [1.82, 2.24) is 0 Å². The fourth-order valence-electron chi connectivity index (χ4n) is 1.67. The van der Waals surface area contributed by atoms with E-state index in [1.165, 1.54) is 42.5 Å². The van der Waals surface area contributed by atoms with Crippen molar-refractivity contribution in [3.8, 4) is 0 Å². The average molecular weight is 335 g/mol. The number of non-ortho nitro benzene ring substituents is 1. The van der Waals surface area contributed by atoms with E-state index in [9.17, 15) is 19.7 Å². The van der Waals surface area contributed by atoms with Gasteiger partial charge in [-0.05, 0) is 30.3 Å². The Bertz CT molecular complexity index is 777. The van der Waals surface area contributed by atoms with E-state index >= 15 is 0 Å². The summed E-state index contributed by atoms with van der Waals surface area (Å²) in [5.41, 5.74) is 6.31. The fraction of sp³-hybridized carbons (Fsp3) is 0. The van der Waals surface area contributed by atoms with Gasteiger partial charge in [0.05, 0.1) is 15.6 Å². The van der Waals surface area contributed by atoms with Crippen LogP contribution in [0.1, 0.15) is 0 Å². The quantitative estimate of drug-likeness (QED) is 0.344. The van der Waals surface area contributed by atoms with Gasteiger partial charge in [-0.15, -0.1) is 0 Å². The van der Waals surface area contributed by atoms with Crippen LogP contribution in [0.5, 0.6) is 0 Å². The number of nitrogens with one attached hydrogen (secondary N) is 2. The molecule has 2 aromatic carbocycles. The summed E-state index contributed by atoms with van der Waals surface area (Å²) in [6, 6.07) is 9.49. The minimum absolute atomic E-state index is 0.124. The second kappa shape index (κ2) is 6.75. The van der Waals surface area contributed by atoms with Crippen LogP contribution >= 0.6 is 11.6 Å². The molecule has 8 nitrogen and oxygen atoms in total. The highest BCUT2D eigenvalue weighted by atomic mass is 35.5. The molecular weight excluding hydrogens is 324 g/mol. The van der Waals surface area contributed by atoms with E-state index in [0.29, 0.717) is 5.69 Å². The molecule has 0 aliphatic carbocycles. The Labute approximate surface area is 135 Å². The van der Waals surface area contributed by atoms with Gasteiger partial charge in [0.2, 0.25) is 0 Å². The first kappa shape index (κ1) is 16.2. The zero-order valence-electron chi connectivity index (χ0n) is 11.6. The van der Waals surface area contributed by atoms with E-state index in [4.69, 9.17) is 17.3 Å². The summed E-state index contributed by atoms with van der Waals surface area (Å²) in [7, 11) is 0. The number of benzene rings is 2. The minimum Gasteiger partial charge on any atom is -0.399 e. The number of nitrogen functional groups attached to an aromatic ring is 1. The molecule has 0 aliphatic heterocycles. The molecule has 0 heterocycles. The molecule has 0 fully saturated rings. The number of anilines is 3. The molecule has 0 saturated carbocycles. The smallest absolute Gasteiger partial charge is 0.314 e. The van der Waals surface area contributed by atoms with Crippen LogP contribution in [0.2, 0.25) is 5.02 Å². The lowest BCUT2D eigenvalue weighted by Gasteiger charge is -2.08. The second-order valence-electron chi connectivity index (χ2n) is 4.45. The van der Waals surface area contributed by atoms with Gasteiger partial charge < -0.3 is 16.4 Å². The van der Waals surface area contributed by atoms with E-state index in [1.807, 2.05) is 0 Å². The molecule has 0 unspecified atom stereocenters. The Kier molecular flexibility index (Phi) is 4.77. The monoisotopic (exact) mass is 334 g/mol. The van der Waals surface area contributed by atoms with Gasteiger partial charge in [0, 0.05) is 23.5 Å². The van der Waals surface area contributed by atoms with Crippen LogP contribution in [0.15, 0.2) is 42.5 Å². The number of hydrogen-bond donors (Lipinski definition) is 3. The van der Waals surface area contributed by atoms with Gasteiger partial charge >= 0.3 is 11.8 Å². The molecule has 4 N–H and O–H groups in total. The number of amides is 2. The molecule has 0 atom stereocenters. The maximum Gasteiger partial charge on any atom is 0.314 e. The molecule has 0 spiro atoms. The van der Waals surface area contributed by atoms with Crippen LogP contribution in [0.3, 0.4) is 0 Å². The lowest BCUT2D eigenvalue weighted by Crippen LogP contribution is -2.29. The third-order valence-electron chi connectivity index (χ3n) is 2.78. The lowest BCUT2D eigenvalue weighted by atomic mass is 10.2. The summed E-state index contributed by atoms with van der Waals surface area (Å²) >= 11 is 5.90. The highest BCUT2D eigenvalue weighted by molar-refractivity contribution is 6.44. The number of carbonyl (C=O) groups is 2. The zero-order chi connectivity index (χ0) is 17.0. The van der Waals surface area contributed by atoms with Gasteiger partial charge in [-0.1, -0.05) is 11.6 Å². The third-order valence-corrected chi connectivity index (χ3v) is 3.10. The van der Waals surface area contributed by atoms with Gasteiger partial charge in [0.25, 0.3) is 5.69 Å². The SMILES string of the molecule is Nc1ccc(NC(=O)C(=O)Nc2ccc([N+](=O)[O-])cc2)c(Cl)c1. The van der Waals surface area contributed by atoms with E-state index in [0.717, 1.165) is 0 Å². The van der Waals surface area contributed by atoms with Crippen molar-refractivity contribution >= 4 is 46.2 Å². The third kappa shape index (κ3) is 4.17. The van der Waals surface area contributed by atoms with Crippen molar-refractivity contribution < 1.29 is 14.5 Å². The zero-order valence-corrected chi connectivity index (χ0v) is 12.3. The van der Waals surface area contributed by atoms with Crippen LogP contribution in [-0.2, 0) is 9.59 Å². The van der Waals surface area contributed by atoms with Crippen LogP contribution in [-0.4, -0.2) is 16.7 Å². The van der Waals surface area contributed by atoms with E-state index < -0.39 is 16.7 Å². The first-order valence-corrected chi connectivity index (χ1v) is 6.66. The van der Waals surface area contributed by atoms with Crippen molar-refractivity contribution in [2.45, 2.75) is 0 Å². The molecule has 2 amide bonds. The summed E-state index contributed by atoms with van der Waals surface area (Å²) in [4.78, 5) is 33.6. The standard InChI is InChI=1S/C14H11ClN4O4/c15-11-7-8(16)1-6-12(11)18-14(21)13(20)17-9-2-4-10(5-3-9)19(22)23/h1-7H,16H2,(H,17,20)(H,18,21). The summed E-state index contributed by atoms with van der Waals surface area (Å²) in [5.74, 6) is -1.87. The Morgan fingerprint density at radius 1 is 1.04 bits per heavy atom. The number of rotatable bonds is 3. The number of carbonyl (C=O) groups excluding carboxylic acids is 2. The van der Waals surface area contributed by atoms with Crippen molar-refractivity contribution in [2.24, 2.45) is 0 Å². The highest BCUT2D eigenvalue weighted by Crippen LogP contribution is 2.24. The van der Waals surface area contributed by atoms with Crippen molar-refractivity contribution in [3.63, 3.8) is 0 Å². The number of nitrogens with zero attached hydrogens (tertiary/aromatic N) is 1. The molecular formula is C14H11ClN4O4. The molecule has 2 rings (SSSR count). The molecule has 0 aromatic heterocycles. The van der Waals surface area contributed by atoms with Gasteiger partial charge in [-0.25, -0.2) is 0 Å².